The van der Waals surface area contributed by atoms with Gasteiger partial charge in [-0.05, 0) is 57.5 Å². The van der Waals surface area contributed by atoms with Crippen LogP contribution in [0.2, 0.25) is 0 Å². The van der Waals surface area contributed by atoms with Crippen LogP contribution in [0.1, 0.15) is 50.0 Å². The summed E-state index contributed by atoms with van der Waals surface area (Å²) in [6, 6.07) is 18.8. The Bertz CT molecular complexity index is 826. The number of hydrogen-bond donors (Lipinski definition) is 0. The second-order valence-corrected chi connectivity index (χ2v) is 9.24. The van der Waals surface area contributed by atoms with Gasteiger partial charge in [-0.15, -0.1) is 11.8 Å². The van der Waals surface area contributed by atoms with Crippen molar-refractivity contribution >= 4 is 11.8 Å². The van der Waals surface area contributed by atoms with Crippen molar-refractivity contribution in [3.8, 4) is 0 Å². The maximum Gasteiger partial charge on any atom is 0.198 e. The molecule has 3 nitrogen and oxygen atoms in total. The maximum atomic E-state index is 6.40. The van der Waals surface area contributed by atoms with Crippen molar-refractivity contribution in [1.29, 1.82) is 0 Å². The van der Waals surface area contributed by atoms with Crippen molar-refractivity contribution < 1.29 is 4.74 Å². The van der Waals surface area contributed by atoms with Gasteiger partial charge in [-0.3, -0.25) is 0 Å². The highest BCUT2D eigenvalue weighted by molar-refractivity contribution is 7.99. The monoisotopic (exact) mass is 420 g/mol. The fourth-order valence-corrected chi connectivity index (χ4v) is 5.29. The van der Waals surface area contributed by atoms with Crippen molar-refractivity contribution in [2.24, 2.45) is 0 Å². The Morgan fingerprint density at radius 1 is 0.933 bits per heavy atom. The van der Waals surface area contributed by atoms with Crippen LogP contribution in [-0.2, 0) is 4.74 Å². The molecular weight excluding hydrogens is 388 g/mol. The number of thioether (sulfide) groups is 1. The van der Waals surface area contributed by atoms with Crippen LogP contribution >= 0.6 is 11.8 Å². The number of likely N-dealkylation sites (tertiary alicyclic amines) is 1. The maximum absolute atomic E-state index is 6.40. The van der Waals surface area contributed by atoms with Gasteiger partial charge in [-0.2, -0.15) is 0 Å². The number of benzene rings is 2. The summed E-state index contributed by atoms with van der Waals surface area (Å²) in [5.41, 5.74) is 3.26. The van der Waals surface area contributed by atoms with Crippen molar-refractivity contribution in [1.82, 2.24) is 9.80 Å². The molecule has 2 aromatic rings. The van der Waals surface area contributed by atoms with Gasteiger partial charge < -0.3 is 14.5 Å². The summed E-state index contributed by atoms with van der Waals surface area (Å²) in [6.07, 6.45) is 5.32. The van der Waals surface area contributed by atoms with Crippen molar-refractivity contribution in [3.63, 3.8) is 0 Å². The van der Waals surface area contributed by atoms with E-state index in [0.29, 0.717) is 0 Å². The van der Waals surface area contributed by atoms with E-state index in [4.69, 9.17) is 11.7 Å². The SMILES string of the molecule is [CH]c1ccc(C2OC(C)=C(CSc3ccccc3)N2CCN2CCCCCC2)cc1. The molecule has 2 aliphatic heterocycles. The molecule has 0 saturated carbocycles. The van der Waals surface area contributed by atoms with Crippen molar-refractivity contribution in [2.45, 2.75) is 43.7 Å². The van der Waals surface area contributed by atoms with E-state index < -0.39 is 0 Å². The Morgan fingerprint density at radius 2 is 1.63 bits per heavy atom. The molecule has 158 valence electrons. The molecule has 1 atom stereocenters. The smallest absolute Gasteiger partial charge is 0.198 e. The molecule has 4 rings (SSSR count). The minimum Gasteiger partial charge on any atom is -0.469 e. The number of ether oxygens (including phenoxy) is 1. The minimum absolute atomic E-state index is 0.0658. The molecule has 1 saturated heterocycles. The van der Waals surface area contributed by atoms with Gasteiger partial charge in [0.15, 0.2) is 6.23 Å². The standard InChI is InChI=1S/C26H32N2OS/c1-21-12-14-23(15-13-21)26-28(19-18-27-16-8-3-4-9-17-27)25(22(2)29-26)20-30-24-10-6-5-7-11-24/h1,5-7,10-15,26H,3-4,8-9,16-20H2,2H3. The van der Waals surface area contributed by atoms with Gasteiger partial charge in [0.25, 0.3) is 0 Å². The molecule has 1 fully saturated rings. The fourth-order valence-electron chi connectivity index (χ4n) is 4.27. The van der Waals surface area contributed by atoms with Gasteiger partial charge in [0.1, 0.15) is 5.76 Å². The average molecular weight is 421 g/mol. The molecule has 0 N–H and O–H groups in total. The summed E-state index contributed by atoms with van der Waals surface area (Å²) in [7, 11) is 0. The van der Waals surface area contributed by atoms with Crippen LogP contribution in [0, 0.1) is 6.92 Å². The molecule has 2 aliphatic rings. The van der Waals surface area contributed by atoms with Gasteiger partial charge >= 0.3 is 0 Å². The van der Waals surface area contributed by atoms with Crippen molar-refractivity contribution in [2.75, 3.05) is 31.9 Å². The summed E-state index contributed by atoms with van der Waals surface area (Å²) in [5, 5.41) is 0. The van der Waals surface area contributed by atoms with Gasteiger partial charge in [0.05, 0.1) is 5.70 Å². The van der Waals surface area contributed by atoms with E-state index in [9.17, 15) is 0 Å². The molecule has 0 spiro atoms. The highest BCUT2D eigenvalue weighted by atomic mass is 32.2. The predicted molar refractivity (Wildman–Crippen MR) is 125 cm³/mol. The van der Waals surface area contributed by atoms with Crippen molar-refractivity contribution in [3.05, 3.63) is 84.1 Å². The first-order valence-electron chi connectivity index (χ1n) is 11.1. The quantitative estimate of drug-likeness (QED) is 0.512. The third-order valence-corrected chi connectivity index (χ3v) is 7.04. The largest absolute Gasteiger partial charge is 0.469 e. The highest BCUT2D eigenvalue weighted by Crippen LogP contribution is 2.38. The van der Waals surface area contributed by atoms with E-state index in [1.54, 1.807) is 0 Å². The zero-order chi connectivity index (χ0) is 20.8. The van der Waals surface area contributed by atoms with E-state index in [2.05, 4.69) is 59.2 Å². The first-order valence-corrected chi connectivity index (χ1v) is 12.1. The molecule has 2 heterocycles. The molecule has 30 heavy (non-hydrogen) atoms. The van der Waals surface area contributed by atoms with Crippen LogP contribution in [0.4, 0.5) is 0 Å². The molecule has 0 aromatic heterocycles. The van der Waals surface area contributed by atoms with Crippen LogP contribution in [0.5, 0.6) is 0 Å². The number of nitrogens with zero attached hydrogens (tertiary/aromatic N) is 2. The lowest BCUT2D eigenvalue weighted by molar-refractivity contribution is 0.0349. The second-order valence-electron chi connectivity index (χ2n) is 8.19. The summed E-state index contributed by atoms with van der Waals surface area (Å²) >= 11 is 1.88. The summed E-state index contributed by atoms with van der Waals surface area (Å²) in [4.78, 5) is 6.39. The first-order chi connectivity index (χ1) is 14.7. The highest BCUT2D eigenvalue weighted by Gasteiger charge is 2.32. The summed E-state index contributed by atoms with van der Waals surface area (Å²) in [5.74, 6) is 1.96. The molecule has 4 heteroatoms. The Morgan fingerprint density at radius 3 is 2.33 bits per heavy atom. The summed E-state index contributed by atoms with van der Waals surface area (Å²) < 4.78 is 6.40. The zero-order valence-electron chi connectivity index (χ0n) is 17.9. The molecule has 1 unspecified atom stereocenters. The predicted octanol–water partition coefficient (Wildman–Crippen LogP) is 5.98. The lowest BCUT2D eigenvalue weighted by atomic mass is 10.1. The Kier molecular flexibility index (Phi) is 7.40. The molecular formula is C26H32N2OS. The third kappa shape index (κ3) is 5.41. The zero-order valence-corrected chi connectivity index (χ0v) is 18.7. The molecule has 2 radical (unpaired) electrons. The molecule has 0 amide bonds. The van der Waals surface area contributed by atoms with Crippen LogP contribution in [0.25, 0.3) is 0 Å². The third-order valence-electron chi connectivity index (χ3n) is 6.02. The first kappa shape index (κ1) is 21.3. The normalized spacial score (nSPS) is 20.3. The molecule has 0 aliphatic carbocycles. The fraction of sp³-hybridized carbons (Fsp3) is 0.423. The Balaban J connectivity index is 1.49. The van der Waals surface area contributed by atoms with Gasteiger partial charge in [0.2, 0.25) is 0 Å². The summed E-state index contributed by atoms with van der Waals surface area (Å²) in [6.45, 7) is 12.5. The Labute approximate surface area is 186 Å². The van der Waals surface area contributed by atoms with E-state index in [-0.39, 0.29) is 6.23 Å². The van der Waals surface area contributed by atoms with Crippen LogP contribution in [0.3, 0.4) is 0 Å². The van der Waals surface area contributed by atoms with Gasteiger partial charge in [0, 0.05) is 29.3 Å². The lowest BCUT2D eigenvalue weighted by Gasteiger charge is -2.31. The number of rotatable bonds is 7. The molecule has 0 bridgehead atoms. The topological polar surface area (TPSA) is 15.7 Å². The van der Waals surface area contributed by atoms with E-state index >= 15 is 0 Å². The van der Waals surface area contributed by atoms with Gasteiger partial charge in [-0.1, -0.05) is 55.3 Å². The van der Waals surface area contributed by atoms with E-state index in [1.807, 2.05) is 23.9 Å². The minimum atomic E-state index is -0.0658. The van der Waals surface area contributed by atoms with Gasteiger partial charge in [-0.25, -0.2) is 0 Å². The van der Waals surface area contributed by atoms with Crippen LogP contribution in [-0.4, -0.2) is 41.7 Å². The number of hydrogen-bond acceptors (Lipinski definition) is 4. The number of allylic oxidation sites excluding steroid dienone is 1. The molecule has 2 aromatic carbocycles. The van der Waals surface area contributed by atoms with E-state index in [0.717, 1.165) is 30.2 Å². The average Bonchev–Trinajstić information content (AvgIpc) is 2.92. The lowest BCUT2D eigenvalue weighted by Crippen LogP contribution is -2.36. The Hall–Kier alpha value is -1.91. The van der Waals surface area contributed by atoms with Crippen LogP contribution in [0.15, 0.2) is 70.9 Å². The van der Waals surface area contributed by atoms with E-state index in [1.165, 1.54) is 54.9 Å². The second kappa shape index (κ2) is 10.4. The van der Waals surface area contributed by atoms with Crippen LogP contribution < -0.4 is 0 Å².